The fourth-order valence-electron chi connectivity index (χ4n) is 11.8. The molecular formula is C79H143NO10. The fraction of sp³-hybridized carbons (Fsp3) is 0.823. The molecule has 11 heteroatoms. The molecule has 1 amide bonds. The van der Waals surface area contributed by atoms with Crippen molar-refractivity contribution in [3.63, 3.8) is 0 Å². The Morgan fingerprint density at radius 3 is 1.17 bits per heavy atom. The van der Waals surface area contributed by atoms with Crippen LogP contribution >= 0.6 is 0 Å². The Morgan fingerprint density at radius 1 is 0.433 bits per heavy atom. The fourth-order valence-corrected chi connectivity index (χ4v) is 11.8. The van der Waals surface area contributed by atoms with Gasteiger partial charge in [0.2, 0.25) is 5.91 Å². The predicted molar refractivity (Wildman–Crippen MR) is 379 cm³/mol. The third-order valence-corrected chi connectivity index (χ3v) is 17.8. The third kappa shape index (κ3) is 52.5. The first-order valence-electron chi connectivity index (χ1n) is 38.2. The van der Waals surface area contributed by atoms with Gasteiger partial charge in [-0.3, -0.25) is 9.59 Å². The lowest BCUT2D eigenvalue weighted by Gasteiger charge is -2.41. The summed E-state index contributed by atoms with van der Waals surface area (Å²) in [5, 5.41) is 57.4. The van der Waals surface area contributed by atoms with Crippen molar-refractivity contribution in [2.75, 3.05) is 13.2 Å². The topological polar surface area (TPSA) is 175 Å². The van der Waals surface area contributed by atoms with Crippen molar-refractivity contribution in [1.29, 1.82) is 0 Å². The second kappa shape index (κ2) is 66.1. The van der Waals surface area contributed by atoms with Gasteiger partial charge in [0.05, 0.1) is 25.4 Å². The maximum atomic E-state index is 13.5. The van der Waals surface area contributed by atoms with Crippen LogP contribution in [0.25, 0.3) is 0 Å². The summed E-state index contributed by atoms with van der Waals surface area (Å²) >= 11 is 0. The van der Waals surface area contributed by atoms with Gasteiger partial charge in [-0.1, -0.05) is 325 Å². The lowest BCUT2D eigenvalue weighted by atomic mass is 9.99. The molecule has 0 saturated carbocycles. The molecule has 524 valence electrons. The molecule has 0 bridgehead atoms. The SMILES string of the molecule is CCCCC/C=C\C/C=C\C/C=C\CCCCCCCCCCCC(O)C(=O)NC(COC1OC(CO)C(O)C(O)C1OC(=O)CCCCCCCCCCCCCCCCCCC/C=C\C/C=C\CCCCC)C(O)/C=C/CCCCCCCCCCCC. The summed E-state index contributed by atoms with van der Waals surface area (Å²) in [5.41, 5.74) is 0. The highest BCUT2D eigenvalue weighted by atomic mass is 16.7. The largest absolute Gasteiger partial charge is 0.454 e. The maximum Gasteiger partial charge on any atom is 0.306 e. The van der Waals surface area contributed by atoms with E-state index >= 15 is 0 Å². The Hall–Kier alpha value is -2.90. The van der Waals surface area contributed by atoms with Crippen molar-refractivity contribution >= 4 is 11.9 Å². The predicted octanol–water partition coefficient (Wildman–Crippen LogP) is 20.2. The van der Waals surface area contributed by atoms with Gasteiger partial charge in [-0.25, -0.2) is 0 Å². The van der Waals surface area contributed by atoms with E-state index in [0.29, 0.717) is 12.8 Å². The lowest BCUT2D eigenvalue weighted by Crippen LogP contribution is -2.61. The van der Waals surface area contributed by atoms with Gasteiger partial charge in [-0.05, 0) is 96.3 Å². The zero-order valence-corrected chi connectivity index (χ0v) is 58.5. The number of ether oxygens (including phenoxy) is 3. The molecule has 0 aromatic carbocycles. The highest BCUT2D eigenvalue weighted by Gasteiger charge is 2.47. The maximum absolute atomic E-state index is 13.5. The first-order valence-corrected chi connectivity index (χ1v) is 38.2. The number of esters is 1. The summed E-state index contributed by atoms with van der Waals surface area (Å²) in [4.78, 5) is 26.7. The molecule has 1 fully saturated rings. The minimum atomic E-state index is -1.62. The molecule has 8 unspecified atom stereocenters. The van der Waals surface area contributed by atoms with Crippen molar-refractivity contribution in [2.24, 2.45) is 0 Å². The van der Waals surface area contributed by atoms with Crippen LogP contribution in [0.3, 0.4) is 0 Å². The molecule has 1 aliphatic rings. The van der Waals surface area contributed by atoms with Crippen LogP contribution in [-0.4, -0.2) is 99.6 Å². The number of aliphatic hydroxyl groups is 5. The van der Waals surface area contributed by atoms with Crippen LogP contribution in [0.1, 0.15) is 355 Å². The van der Waals surface area contributed by atoms with E-state index in [2.05, 4.69) is 86.8 Å². The lowest BCUT2D eigenvalue weighted by molar-refractivity contribution is -0.305. The summed E-state index contributed by atoms with van der Waals surface area (Å²) < 4.78 is 17.7. The van der Waals surface area contributed by atoms with Gasteiger partial charge in [0, 0.05) is 6.42 Å². The zero-order chi connectivity index (χ0) is 65.3. The summed E-state index contributed by atoms with van der Waals surface area (Å²) in [6.45, 7) is 5.78. The number of nitrogens with one attached hydrogen (secondary N) is 1. The van der Waals surface area contributed by atoms with Crippen molar-refractivity contribution in [1.82, 2.24) is 5.32 Å². The molecule has 11 nitrogen and oxygen atoms in total. The molecule has 0 aromatic heterocycles. The zero-order valence-electron chi connectivity index (χ0n) is 58.5. The minimum absolute atomic E-state index is 0.124. The van der Waals surface area contributed by atoms with E-state index in [4.69, 9.17) is 14.2 Å². The Labute approximate surface area is 553 Å². The molecule has 0 spiro atoms. The quantitative estimate of drug-likeness (QED) is 0.0195. The summed E-state index contributed by atoms with van der Waals surface area (Å²) in [7, 11) is 0. The Balaban J connectivity index is 2.51. The van der Waals surface area contributed by atoms with Gasteiger partial charge in [0.1, 0.15) is 24.4 Å². The van der Waals surface area contributed by atoms with E-state index in [9.17, 15) is 35.1 Å². The van der Waals surface area contributed by atoms with E-state index in [-0.39, 0.29) is 19.4 Å². The molecule has 90 heavy (non-hydrogen) atoms. The van der Waals surface area contributed by atoms with Crippen molar-refractivity contribution < 1.29 is 49.3 Å². The molecule has 1 saturated heterocycles. The number of hydrogen-bond acceptors (Lipinski definition) is 10. The minimum Gasteiger partial charge on any atom is -0.454 e. The molecule has 0 radical (unpaired) electrons. The molecule has 1 rings (SSSR count). The molecular weight excluding hydrogens is 1120 g/mol. The molecule has 6 N–H and O–H groups in total. The summed E-state index contributed by atoms with van der Waals surface area (Å²) in [5.74, 6) is -1.19. The van der Waals surface area contributed by atoms with Crippen LogP contribution in [0.2, 0.25) is 0 Å². The van der Waals surface area contributed by atoms with Gasteiger partial charge < -0.3 is 45.1 Å². The van der Waals surface area contributed by atoms with E-state index in [1.165, 1.54) is 225 Å². The van der Waals surface area contributed by atoms with Gasteiger partial charge in [-0.15, -0.1) is 0 Å². The average Bonchev–Trinajstić information content (AvgIpc) is 1.14. The number of aliphatic hydroxyl groups excluding tert-OH is 5. The number of hydrogen-bond donors (Lipinski definition) is 6. The number of amides is 1. The normalized spacial score (nSPS) is 18.4. The van der Waals surface area contributed by atoms with E-state index in [1.54, 1.807) is 6.08 Å². The highest BCUT2D eigenvalue weighted by Crippen LogP contribution is 2.26. The van der Waals surface area contributed by atoms with Crippen LogP contribution in [-0.2, 0) is 23.8 Å². The number of carbonyl (C=O) groups excluding carboxylic acids is 2. The van der Waals surface area contributed by atoms with Gasteiger partial charge in [0.25, 0.3) is 0 Å². The second-order valence-corrected chi connectivity index (χ2v) is 26.4. The Kier molecular flexibility index (Phi) is 62.5. The van der Waals surface area contributed by atoms with Crippen molar-refractivity contribution in [3.05, 3.63) is 72.9 Å². The third-order valence-electron chi connectivity index (χ3n) is 17.8. The second-order valence-electron chi connectivity index (χ2n) is 26.4. The van der Waals surface area contributed by atoms with E-state index in [1.807, 2.05) is 6.08 Å². The van der Waals surface area contributed by atoms with Crippen molar-refractivity contribution in [3.8, 4) is 0 Å². The number of rotatable bonds is 66. The summed E-state index contributed by atoms with van der Waals surface area (Å²) in [6, 6.07) is -1.03. The van der Waals surface area contributed by atoms with Gasteiger partial charge >= 0.3 is 5.97 Å². The standard InChI is InChI=1S/C79H143NO10/c1-4-7-10-13-16-19-22-25-27-29-31-33-35-36-37-38-39-41-43-45-47-49-52-55-58-61-64-67-74(84)90-77-76(86)75(85)73(68-81)89-79(77)88-69-70(71(82)65-62-59-56-53-50-24-21-18-15-12-9-6-3)80-78(87)72(83)66-63-60-57-54-51-48-46-44-42-40-34-32-30-28-26-23-20-17-14-11-8-5-2/h16-17,19-20,25-28,32,34,62,65,70-73,75-77,79,81-83,85-86H,4-15,18,21-24,29-31,33,35-61,63-64,66-69H2,1-3H3,(H,80,87)/b19-16-,20-17-,27-25-,28-26-,34-32-,65-62+. The first-order chi connectivity index (χ1) is 44.2. The number of unbranched alkanes of at least 4 members (excludes halogenated alkanes) is 42. The van der Waals surface area contributed by atoms with Crippen LogP contribution in [0.4, 0.5) is 0 Å². The van der Waals surface area contributed by atoms with Gasteiger partial charge in [0.15, 0.2) is 12.4 Å². The number of carbonyl (C=O) groups is 2. The van der Waals surface area contributed by atoms with Crippen LogP contribution in [0, 0.1) is 0 Å². The van der Waals surface area contributed by atoms with Crippen molar-refractivity contribution in [2.45, 2.75) is 404 Å². The average molecular weight is 1270 g/mol. The number of allylic oxidation sites excluding steroid dienone is 11. The van der Waals surface area contributed by atoms with E-state index < -0.39 is 67.4 Å². The molecule has 0 aromatic rings. The van der Waals surface area contributed by atoms with Crippen LogP contribution < -0.4 is 5.32 Å². The Morgan fingerprint density at radius 2 is 0.767 bits per heavy atom. The molecule has 8 atom stereocenters. The van der Waals surface area contributed by atoms with E-state index in [0.717, 1.165) is 83.5 Å². The van der Waals surface area contributed by atoms with Crippen LogP contribution in [0.5, 0.6) is 0 Å². The molecule has 0 aliphatic carbocycles. The van der Waals surface area contributed by atoms with Gasteiger partial charge in [-0.2, -0.15) is 0 Å². The van der Waals surface area contributed by atoms with Crippen LogP contribution in [0.15, 0.2) is 72.9 Å². The monoisotopic (exact) mass is 1270 g/mol. The smallest absolute Gasteiger partial charge is 0.306 e. The highest BCUT2D eigenvalue weighted by molar-refractivity contribution is 5.80. The molecule has 1 aliphatic heterocycles. The first kappa shape index (κ1) is 85.1. The summed E-state index contributed by atoms with van der Waals surface area (Å²) in [6.07, 6.45) is 76.6. The molecule has 1 heterocycles. The Bertz CT molecular complexity index is 1750.